The molecular weight excluding hydrogens is 280 g/mol. The number of para-hydroxylation sites is 1. The summed E-state index contributed by atoms with van der Waals surface area (Å²) in [6, 6.07) is 9.73. The van der Waals surface area contributed by atoms with Crippen LogP contribution in [-0.4, -0.2) is 43.1 Å². The molecule has 120 valence electrons. The summed E-state index contributed by atoms with van der Waals surface area (Å²) in [5, 5.41) is 0. The van der Waals surface area contributed by atoms with Crippen LogP contribution in [0.4, 0.5) is 10.5 Å². The maximum atomic E-state index is 12.7. The van der Waals surface area contributed by atoms with Gasteiger partial charge in [-0.15, -0.1) is 0 Å². The van der Waals surface area contributed by atoms with E-state index in [0.717, 1.165) is 5.69 Å². The number of hydrogen-bond acceptors (Lipinski definition) is 3. The van der Waals surface area contributed by atoms with Crippen LogP contribution < -0.4 is 4.90 Å². The van der Waals surface area contributed by atoms with Crippen LogP contribution in [0.5, 0.6) is 0 Å². The number of amides is 2. The molecule has 1 heterocycles. The number of rotatable bonds is 4. The standard InChI is InChI=1S/C17H24N2O3/c1-3-19(15-8-6-5-7-9-15)16(20)14-10-12-18(13-11-14)17(21)22-4-2/h5-9,14H,3-4,10-13H2,1-2H3. The second-order valence-corrected chi connectivity index (χ2v) is 5.38. The van der Waals surface area contributed by atoms with E-state index in [-0.39, 0.29) is 17.9 Å². The highest BCUT2D eigenvalue weighted by Gasteiger charge is 2.30. The lowest BCUT2D eigenvalue weighted by Gasteiger charge is -2.33. The molecule has 0 N–H and O–H groups in total. The number of piperidine rings is 1. The van der Waals surface area contributed by atoms with Crippen molar-refractivity contribution in [2.24, 2.45) is 5.92 Å². The zero-order valence-electron chi connectivity index (χ0n) is 13.3. The third-order valence-corrected chi connectivity index (χ3v) is 4.02. The van der Waals surface area contributed by atoms with Gasteiger partial charge in [0.05, 0.1) is 6.61 Å². The molecule has 5 nitrogen and oxygen atoms in total. The predicted molar refractivity (Wildman–Crippen MR) is 85.8 cm³/mol. The highest BCUT2D eigenvalue weighted by Crippen LogP contribution is 2.23. The van der Waals surface area contributed by atoms with E-state index in [1.54, 1.807) is 11.8 Å². The summed E-state index contributed by atoms with van der Waals surface area (Å²) >= 11 is 0. The van der Waals surface area contributed by atoms with Crippen LogP contribution in [0.2, 0.25) is 0 Å². The normalized spacial score (nSPS) is 15.5. The molecule has 22 heavy (non-hydrogen) atoms. The molecule has 0 radical (unpaired) electrons. The molecule has 5 heteroatoms. The number of carbonyl (C=O) groups is 2. The van der Waals surface area contributed by atoms with Gasteiger partial charge in [0.2, 0.25) is 5.91 Å². The van der Waals surface area contributed by atoms with Crippen LogP contribution >= 0.6 is 0 Å². The first-order chi connectivity index (χ1) is 10.7. The van der Waals surface area contributed by atoms with Crippen molar-refractivity contribution in [2.45, 2.75) is 26.7 Å². The average molecular weight is 304 g/mol. The van der Waals surface area contributed by atoms with Crippen LogP contribution in [0.1, 0.15) is 26.7 Å². The fourth-order valence-corrected chi connectivity index (χ4v) is 2.82. The van der Waals surface area contributed by atoms with E-state index in [0.29, 0.717) is 39.1 Å². The van der Waals surface area contributed by atoms with E-state index in [1.165, 1.54) is 0 Å². The molecule has 0 spiro atoms. The Morgan fingerprint density at radius 3 is 2.36 bits per heavy atom. The van der Waals surface area contributed by atoms with Gasteiger partial charge in [-0.3, -0.25) is 4.79 Å². The van der Waals surface area contributed by atoms with Crippen molar-refractivity contribution in [3.8, 4) is 0 Å². The summed E-state index contributed by atoms with van der Waals surface area (Å²) in [5.74, 6) is 0.128. The number of carbonyl (C=O) groups excluding carboxylic acids is 2. The molecule has 1 aliphatic rings. The highest BCUT2D eigenvalue weighted by molar-refractivity contribution is 5.95. The van der Waals surface area contributed by atoms with Crippen LogP contribution in [0.15, 0.2) is 30.3 Å². The number of anilines is 1. The van der Waals surface area contributed by atoms with Crippen LogP contribution in [0.3, 0.4) is 0 Å². The van der Waals surface area contributed by atoms with E-state index in [2.05, 4.69) is 0 Å². The minimum Gasteiger partial charge on any atom is -0.450 e. The SMILES string of the molecule is CCOC(=O)N1CCC(C(=O)N(CC)c2ccccc2)CC1. The van der Waals surface area contributed by atoms with Gasteiger partial charge in [-0.1, -0.05) is 18.2 Å². The van der Waals surface area contributed by atoms with Gasteiger partial charge in [0.25, 0.3) is 0 Å². The van der Waals surface area contributed by atoms with Crippen molar-refractivity contribution in [3.63, 3.8) is 0 Å². The fourth-order valence-electron chi connectivity index (χ4n) is 2.82. The molecule has 1 saturated heterocycles. The fraction of sp³-hybridized carbons (Fsp3) is 0.529. The maximum absolute atomic E-state index is 12.7. The van der Waals surface area contributed by atoms with Crippen LogP contribution in [-0.2, 0) is 9.53 Å². The van der Waals surface area contributed by atoms with Crippen molar-refractivity contribution < 1.29 is 14.3 Å². The first kappa shape index (κ1) is 16.3. The number of benzene rings is 1. The predicted octanol–water partition coefficient (Wildman–Crippen LogP) is 2.91. The Bertz CT molecular complexity index is 496. The van der Waals surface area contributed by atoms with Gasteiger partial charge in [-0.05, 0) is 38.8 Å². The van der Waals surface area contributed by atoms with E-state index >= 15 is 0 Å². The number of ether oxygens (including phenoxy) is 1. The van der Waals surface area contributed by atoms with Gasteiger partial charge in [-0.25, -0.2) is 4.79 Å². The van der Waals surface area contributed by atoms with Crippen molar-refractivity contribution >= 4 is 17.7 Å². The molecule has 2 amide bonds. The number of hydrogen-bond donors (Lipinski definition) is 0. The van der Waals surface area contributed by atoms with Crippen LogP contribution in [0, 0.1) is 5.92 Å². The van der Waals surface area contributed by atoms with E-state index in [4.69, 9.17) is 4.74 Å². The summed E-state index contributed by atoms with van der Waals surface area (Å²) < 4.78 is 5.01. The summed E-state index contributed by atoms with van der Waals surface area (Å²) in [7, 11) is 0. The monoisotopic (exact) mass is 304 g/mol. The Hall–Kier alpha value is -2.04. The molecule has 0 bridgehead atoms. The lowest BCUT2D eigenvalue weighted by Crippen LogP contribution is -2.44. The van der Waals surface area contributed by atoms with Gasteiger partial charge < -0.3 is 14.5 Å². The Kier molecular flexibility index (Phi) is 5.81. The smallest absolute Gasteiger partial charge is 0.409 e. The Morgan fingerprint density at radius 1 is 1.18 bits per heavy atom. The summed E-state index contributed by atoms with van der Waals surface area (Å²) in [4.78, 5) is 27.9. The quantitative estimate of drug-likeness (QED) is 0.859. The van der Waals surface area contributed by atoms with Gasteiger partial charge in [0, 0.05) is 31.2 Å². The molecule has 0 aliphatic carbocycles. The van der Waals surface area contributed by atoms with Crippen molar-refractivity contribution in [1.82, 2.24) is 4.90 Å². The average Bonchev–Trinajstić information content (AvgIpc) is 2.57. The Morgan fingerprint density at radius 2 is 1.82 bits per heavy atom. The second-order valence-electron chi connectivity index (χ2n) is 5.38. The maximum Gasteiger partial charge on any atom is 0.409 e. The lowest BCUT2D eigenvalue weighted by atomic mass is 9.95. The molecule has 1 fully saturated rings. The van der Waals surface area contributed by atoms with Crippen molar-refractivity contribution in [1.29, 1.82) is 0 Å². The summed E-state index contributed by atoms with van der Waals surface area (Å²) in [5.41, 5.74) is 0.933. The van der Waals surface area contributed by atoms with Gasteiger partial charge in [0.1, 0.15) is 0 Å². The minimum absolute atomic E-state index is 0.0224. The third kappa shape index (κ3) is 3.78. The van der Waals surface area contributed by atoms with Crippen LogP contribution in [0.25, 0.3) is 0 Å². The van der Waals surface area contributed by atoms with Gasteiger partial charge in [0.15, 0.2) is 0 Å². The lowest BCUT2D eigenvalue weighted by molar-refractivity contribution is -0.123. The largest absolute Gasteiger partial charge is 0.450 e. The number of likely N-dealkylation sites (tertiary alicyclic amines) is 1. The number of nitrogens with zero attached hydrogens (tertiary/aromatic N) is 2. The second kappa shape index (κ2) is 7.82. The van der Waals surface area contributed by atoms with Gasteiger partial charge in [-0.2, -0.15) is 0 Å². The molecular formula is C17H24N2O3. The molecule has 1 aromatic carbocycles. The van der Waals surface area contributed by atoms with E-state index in [1.807, 2.05) is 42.2 Å². The molecule has 1 aliphatic heterocycles. The van der Waals surface area contributed by atoms with Gasteiger partial charge >= 0.3 is 6.09 Å². The topological polar surface area (TPSA) is 49.9 Å². The summed E-state index contributed by atoms with van der Waals surface area (Å²) in [6.07, 6.45) is 1.12. The first-order valence-corrected chi connectivity index (χ1v) is 7.95. The molecule has 1 aromatic rings. The Labute approximate surface area is 131 Å². The minimum atomic E-state index is -0.274. The zero-order valence-corrected chi connectivity index (χ0v) is 13.3. The summed E-state index contributed by atoms with van der Waals surface area (Å²) in [6.45, 7) is 5.99. The first-order valence-electron chi connectivity index (χ1n) is 7.95. The molecule has 0 unspecified atom stereocenters. The zero-order chi connectivity index (χ0) is 15.9. The van der Waals surface area contributed by atoms with E-state index < -0.39 is 0 Å². The molecule has 0 aromatic heterocycles. The van der Waals surface area contributed by atoms with Crippen molar-refractivity contribution in [2.75, 3.05) is 31.1 Å². The molecule has 0 saturated carbocycles. The molecule has 0 atom stereocenters. The molecule has 2 rings (SSSR count). The van der Waals surface area contributed by atoms with E-state index in [9.17, 15) is 9.59 Å². The Balaban J connectivity index is 1.95. The highest BCUT2D eigenvalue weighted by atomic mass is 16.6. The third-order valence-electron chi connectivity index (χ3n) is 4.02. The van der Waals surface area contributed by atoms with Crippen molar-refractivity contribution in [3.05, 3.63) is 30.3 Å².